The number of hydrogen-bond acceptors (Lipinski definition) is 4. The van der Waals surface area contributed by atoms with Crippen LogP contribution < -0.4 is 5.73 Å². The van der Waals surface area contributed by atoms with E-state index >= 15 is 0 Å². The summed E-state index contributed by atoms with van der Waals surface area (Å²) in [4.78, 5) is 8.40. The van der Waals surface area contributed by atoms with Crippen LogP contribution in [0.15, 0.2) is 24.3 Å². The summed E-state index contributed by atoms with van der Waals surface area (Å²) < 4.78 is 0. The van der Waals surface area contributed by atoms with E-state index in [0.29, 0.717) is 5.56 Å². The minimum atomic E-state index is 0.270. The van der Waals surface area contributed by atoms with E-state index in [0.717, 1.165) is 28.9 Å². The van der Waals surface area contributed by atoms with E-state index in [9.17, 15) is 0 Å². The highest BCUT2D eigenvalue weighted by molar-refractivity contribution is 5.66. The van der Waals surface area contributed by atoms with Crippen LogP contribution in [0.3, 0.4) is 0 Å². The first-order valence-corrected chi connectivity index (χ1v) is 5.78. The first-order chi connectivity index (χ1) is 8.63. The Kier molecular flexibility index (Phi) is 3.24. The summed E-state index contributed by atoms with van der Waals surface area (Å²) in [6.45, 7) is 4.00. The van der Waals surface area contributed by atoms with Crippen LogP contribution in [0.1, 0.15) is 23.7 Å². The first-order valence-electron chi connectivity index (χ1n) is 5.78. The predicted octanol–water partition coefficient (Wildman–Crippen LogP) is 2.47. The zero-order chi connectivity index (χ0) is 13.1. The molecule has 4 heteroatoms. The molecule has 18 heavy (non-hydrogen) atoms. The molecule has 4 nitrogen and oxygen atoms in total. The van der Waals surface area contributed by atoms with Crippen molar-refractivity contribution in [1.82, 2.24) is 9.97 Å². The largest absolute Gasteiger partial charge is 0.368 e. The number of nitriles is 1. The van der Waals surface area contributed by atoms with Gasteiger partial charge >= 0.3 is 0 Å². The fourth-order valence-corrected chi connectivity index (χ4v) is 1.80. The van der Waals surface area contributed by atoms with Crippen LogP contribution in [0.2, 0.25) is 0 Å². The molecule has 2 aromatic rings. The molecule has 90 valence electrons. The minimum Gasteiger partial charge on any atom is -0.368 e. The molecule has 0 aliphatic heterocycles. The molecular formula is C14H14N4. The molecule has 0 aliphatic carbocycles. The van der Waals surface area contributed by atoms with Crippen molar-refractivity contribution in [2.24, 2.45) is 0 Å². The van der Waals surface area contributed by atoms with Crippen molar-refractivity contribution in [3.63, 3.8) is 0 Å². The number of hydrogen-bond donors (Lipinski definition) is 1. The zero-order valence-electron chi connectivity index (χ0n) is 10.4. The molecule has 2 N–H and O–H groups in total. The topological polar surface area (TPSA) is 75.6 Å². The molecule has 0 unspecified atom stereocenters. The fourth-order valence-electron chi connectivity index (χ4n) is 1.80. The molecule has 0 bridgehead atoms. The summed E-state index contributed by atoms with van der Waals surface area (Å²) >= 11 is 0. The van der Waals surface area contributed by atoms with Crippen molar-refractivity contribution < 1.29 is 0 Å². The lowest BCUT2D eigenvalue weighted by Gasteiger charge is -2.08. The van der Waals surface area contributed by atoms with E-state index < -0.39 is 0 Å². The van der Waals surface area contributed by atoms with Gasteiger partial charge in [0.15, 0.2) is 0 Å². The number of rotatable bonds is 2. The maximum Gasteiger partial charge on any atom is 0.220 e. The monoisotopic (exact) mass is 238 g/mol. The SMILES string of the molecule is CCc1cc(-c2cc(C#N)ccc2C)nc(N)n1. The first kappa shape index (κ1) is 12.1. The Morgan fingerprint density at radius 2 is 2.06 bits per heavy atom. The lowest BCUT2D eigenvalue weighted by atomic mass is 10.0. The Hall–Kier alpha value is -2.41. The van der Waals surface area contributed by atoms with E-state index in [4.69, 9.17) is 11.0 Å². The van der Waals surface area contributed by atoms with Crippen molar-refractivity contribution >= 4 is 5.95 Å². The standard InChI is InChI=1S/C14H14N4/c1-3-11-7-13(18-14(16)17-11)12-6-10(8-15)5-4-9(12)2/h4-7H,3H2,1-2H3,(H2,16,17,18). The van der Waals surface area contributed by atoms with Gasteiger partial charge in [0.1, 0.15) is 0 Å². The normalized spacial score (nSPS) is 10.1. The molecule has 0 aliphatic rings. The van der Waals surface area contributed by atoms with Crippen LogP contribution in [0.25, 0.3) is 11.3 Å². The molecular weight excluding hydrogens is 224 g/mol. The van der Waals surface area contributed by atoms with Crippen LogP contribution >= 0.6 is 0 Å². The highest BCUT2D eigenvalue weighted by atomic mass is 15.0. The second-order valence-corrected chi connectivity index (χ2v) is 4.10. The highest BCUT2D eigenvalue weighted by Crippen LogP contribution is 2.24. The van der Waals surface area contributed by atoms with Crippen LogP contribution in [0.4, 0.5) is 5.95 Å². The highest BCUT2D eigenvalue weighted by Gasteiger charge is 2.07. The number of nitrogen functional groups attached to an aromatic ring is 1. The van der Waals surface area contributed by atoms with Gasteiger partial charge in [0.05, 0.1) is 17.3 Å². The fraction of sp³-hybridized carbons (Fsp3) is 0.214. The summed E-state index contributed by atoms with van der Waals surface area (Å²) in [5, 5.41) is 8.95. The molecule has 0 radical (unpaired) electrons. The Morgan fingerprint density at radius 3 is 2.72 bits per heavy atom. The van der Waals surface area contributed by atoms with E-state index in [1.807, 2.05) is 32.0 Å². The number of nitrogens with two attached hydrogens (primary N) is 1. The van der Waals surface area contributed by atoms with Crippen molar-refractivity contribution in [3.8, 4) is 17.3 Å². The van der Waals surface area contributed by atoms with Gasteiger partial charge in [0.2, 0.25) is 5.95 Å². The molecule has 0 saturated carbocycles. The Balaban J connectivity index is 2.61. The average molecular weight is 238 g/mol. The smallest absolute Gasteiger partial charge is 0.220 e. The predicted molar refractivity (Wildman–Crippen MR) is 70.7 cm³/mol. The maximum atomic E-state index is 8.95. The third-order valence-corrected chi connectivity index (χ3v) is 2.80. The lowest BCUT2D eigenvalue weighted by molar-refractivity contribution is 1.01. The van der Waals surface area contributed by atoms with E-state index in [2.05, 4.69) is 16.0 Å². The number of aromatic nitrogens is 2. The summed E-state index contributed by atoms with van der Waals surface area (Å²) in [6.07, 6.45) is 0.802. The van der Waals surface area contributed by atoms with Crippen LogP contribution in [0.5, 0.6) is 0 Å². The molecule has 0 spiro atoms. The van der Waals surface area contributed by atoms with Gasteiger partial charge in [-0.05, 0) is 37.1 Å². The van der Waals surface area contributed by atoms with Gasteiger partial charge in [-0.25, -0.2) is 9.97 Å². The second kappa shape index (κ2) is 4.84. The average Bonchev–Trinajstić information content (AvgIpc) is 2.38. The lowest BCUT2D eigenvalue weighted by Crippen LogP contribution is -2.01. The zero-order valence-corrected chi connectivity index (χ0v) is 10.4. The van der Waals surface area contributed by atoms with Gasteiger partial charge in [-0.15, -0.1) is 0 Å². The van der Waals surface area contributed by atoms with Crippen LogP contribution in [0, 0.1) is 18.3 Å². The molecule has 0 fully saturated rings. The third-order valence-electron chi connectivity index (χ3n) is 2.80. The third kappa shape index (κ3) is 2.30. The molecule has 1 aromatic carbocycles. The Labute approximate surface area is 106 Å². The van der Waals surface area contributed by atoms with Gasteiger partial charge in [0, 0.05) is 11.3 Å². The van der Waals surface area contributed by atoms with Crippen molar-refractivity contribution in [2.45, 2.75) is 20.3 Å². The summed E-state index contributed by atoms with van der Waals surface area (Å²) in [5.41, 5.74) is 9.99. The van der Waals surface area contributed by atoms with E-state index in [1.54, 1.807) is 6.07 Å². The van der Waals surface area contributed by atoms with Gasteiger partial charge in [-0.1, -0.05) is 13.0 Å². The van der Waals surface area contributed by atoms with Gasteiger partial charge in [0.25, 0.3) is 0 Å². The van der Waals surface area contributed by atoms with Gasteiger partial charge in [-0.2, -0.15) is 5.26 Å². The summed E-state index contributed by atoms with van der Waals surface area (Å²) in [5.74, 6) is 0.270. The number of aryl methyl sites for hydroxylation is 2. The quantitative estimate of drug-likeness (QED) is 0.872. The molecule has 0 atom stereocenters. The number of nitrogens with zero attached hydrogens (tertiary/aromatic N) is 3. The maximum absolute atomic E-state index is 8.95. The molecule has 0 saturated heterocycles. The number of benzene rings is 1. The van der Waals surface area contributed by atoms with Crippen molar-refractivity contribution in [3.05, 3.63) is 41.1 Å². The molecule has 1 aromatic heterocycles. The summed E-state index contributed by atoms with van der Waals surface area (Å²) in [6, 6.07) is 9.59. The molecule has 1 heterocycles. The Bertz CT molecular complexity index is 626. The van der Waals surface area contributed by atoms with Gasteiger partial charge < -0.3 is 5.73 Å². The Morgan fingerprint density at radius 1 is 1.28 bits per heavy atom. The van der Waals surface area contributed by atoms with Crippen molar-refractivity contribution in [1.29, 1.82) is 5.26 Å². The van der Waals surface area contributed by atoms with E-state index in [-0.39, 0.29) is 5.95 Å². The van der Waals surface area contributed by atoms with E-state index in [1.165, 1.54) is 0 Å². The van der Waals surface area contributed by atoms with Crippen molar-refractivity contribution in [2.75, 3.05) is 5.73 Å². The molecule has 0 amide bonds. The summed E-state index contributed by atoms with van der Waals surface area (Å²) in [7, 11) is 0. The second-order valence-electron chi connectivity index (χ2n) is 4.10. The molecule has 2 rings (SSSR count). The van der Waals surface area contributed by atoms with Crippen LogP contribution in [-0.4, -0.2) is 9.97 Å². The minimum absolute atomic E-state index is 0.270. The number of anilines is 1. The van der Waals surface area contributed by atoms with Crippen LogP contribution in [-0.2, 0) is 6.42 Å². The van der Waals surface area contributed by atoms with Gasteiger partial charge in [-0.3, -0.25) is 0 Å².